The van der Waals surface area contributed by atoms with Crippen LogP contribution in [0.15, 0.2) is 231 Å². The van der Waals surface area contributed by atoms with Crippen LogP contribution in [-0.4, -0.2) is 4.57 Å². The molecule has 2 heterocycles. The molecule has 1 atom stereocenters. The Balaban J connectivity index is 1.09. The van der Waals surface area contributed by atoms with E-state index in [4.69, 9.17) is 0 Å². The molecule has 13 rings (SSSR count). The van der Waals surface area contributed by atoms with E-state index in [1.165, 1.54) is 93.9 Å². The van der Waals surface area contributed by atoms with Crippen LogP contribution in [0.25, 0.3) is 71.6 Å². The second kappa shape index (κ2) is 13.0. The van der Waals surface area contributed by atoms with Crippen LogP contribution >= 0.6 is 0 Å². The second-order valence-corrected chi connectivity index (χ2v) is 16.4. The Morgan fingerprint density at radius 2 is 0.951 bits per heavy atom. The number of rotatable bonds is 5. The summed E-state index contributed by atoms with van der Waals surface area (Å²) in [5.41, 5.74) is 19.1. The number of benzene rings is 10. The molecule has 1 spiro atoms. The van der Waals surface area contributed by atoms with Crippen molar-refractivity contribution in [1.29, 1.82) is 0 Å². The van der Waals surface area contributed by atoms with Gasteiger partial charge in [-0.15, -0.1) is 0 Å². The van der Waals surface area contributed by atoms with Crippen LogP contribution in [0.5, 0.6) is 0 Å². The first-order chi connectivity index (χ1) is 30.3. The normalized spacial score (nSPS) is 14.6. The Kier molecular flexibility index (Phi) is 7.26. The maximum absolute atomic E-state index is 2.52. The number of aromatic nitrogens is 1. The van der Waals surface area contributed by atoms with Crippen molar-refractivity contribution in [3.8, 4) is 39.1 Å². The zero-order chi connectivity index (χ0) is 40.1. The van der Waals surface area contributed by atoms with E-state index in [0.29, 0.717) is 0 Å². The minimum Gasteiger partial charge on any atom is -0.310 e. The fourth-order valence-corrected chi connectivity index (χ4v) is 10.8. The largest absolute Gasteiger partial charge is 0.310 e. The lowest BCUT2D eigenvalue weighted by molar-refractivity contribution is 0.748. The minimum atomic E-state index is -0.551. The van der Waals surface area contributed by atoms with Gasteiger partial charge in [-0.1, -0.05) is 188 Å². The van der Waals surface area contributed by atoms with Crippen LogP contribution in [0.1, 0.15) is 22.3 Å². The van der Waals surface area contributed by atoms with E-state index < -0.39 is 5.41 Å². The molecule has 61 heavy (non-hydrogen) atoms. The highest BCUT2D eigenvalue weighted by molar-refractivity contribution is 6.13. The highest BCUT2D eigenvalue weighted by atomic mass is 15.1. The second-order valence-electron chi connectivity index (χ2n) is 16.4. The molecule has 0 saturated heterocycles. The summed E-state index contributed by atoms with van der Waals surface area (Å²) in [7, 11) is 0. The lowest BCUT2D eigenvalue weighted by Gasteiger charge is -2.40. The van der Waals surface area contributed by atoms with Gasteiger partial charge in [-0.05, 0) is 103 Å². The third-order valence-corrected chi connectivity index (χ3v) is 13.4. The molecule has 0 amide bonds. The average Bonchev–Trinajstić information content (AvgIpc) is 3.82. The summed E-state index contributed by atoms with van der Waals surface area (Å²) in [6.45, 7) is 0. The van der Waals surface area contributed by atoms with Gasteiger partial charge in [0.15, 0.2) is 0 Å². The molecule has 284 valence electrons. The molecular weight excluding hydrogens is 737 g/mol. The quantitative estimate of drug-likeness (QED) is 0.169. The van der Waals surface area contributed by atoms with Crippen LogP contribution in [0.4, 0.5) is 17.1 Å². The first kappa shape index (κ1) is 34.0. The summed E-state index contributed by atoms with van der Waals surface area (Å²) in [5, 5.41) is 5.00. The number of para-hydroxylation sites is 4. The van der Waals surface area contributed by atoms with Crippen LogP contribution in [0.3, 0.4) is 0 Å². The molecule has 0 fully saturated rings. The topological polar surface area (TPSA) is 8.17 Å². The fourth-order valence-electron chi connectivity index (χ4n) is 10.8. The van der Waals surface area contributed by atoms with Crippen molar-refractivity contribution < 1.29 is 0 Å². The highest BCUT2D eigenvalue weighted by Gasteiger charge is 2.51. The van der Waals surface area contributed by atoms with Gasteiger partial charge in [0.2, 0.25) is 0 Å². The van der Waals surface area contributed by atoms with Crippen molar-refractivity contribution >= 4 is 49.6 Å². The molecular formula is C59H38N2. The minimum absolute atomic E-state index is 0.551. The lowest BCUT2D eigenvalue weighted by atomic mass is 9.65. The zero-order valence-electron chi connectivity index (χ0n) is 33.3. The Labute approximate surface area is 354 Å². The number of hydrogen-bond acceptors (Lipinski definition) is 1. The molecule has 1 aliphatic carbocycles. The summed E-state index contributed by atoms with van der Waals surface area (Å²) in [6.07, 6.45) is 0. The van der Waals surface area contributed by atoms with Gasteiger partial charge in [-0.3, -0.25) is 0 Å². The van der Waals surface area contributed by atoms with Crippen molar-refractivity contribution in [3.05, 3.63) is 253 Å². The van der Waals surface area contributed by atoms with Gasteiger partial charge in [0, 0.05) is 27.7 Å². The molecule has 1 unspecified atom stereocenters. The van der Waals surface area contributed by atoms with Crippen molar-refractivity contribution in [3.63, 3.8) is 0 Å². The summed E-state index contributed by atoms with van der Waals surface area (Å²) < 4.78 is 2.52. The van der Waals surface area contributed by atoms with Gasteiger partial charge in [-0.25, -0.2) is 0 Å². The van der Waals surface area contributed by atoms with Gasteiger partial charge in [0.25, 0.3) is 0 Å². The summed E-state index contributed by atoms with van der Waals surface area (Å²) in [6, 6.07) is 85.4. The number of fused-ring (bicyclic) bond motifs is 13. The molecule has 1 aromatic heterocycles. The predicted molar refractivity (Wildman–Crippen MR) is 255 cm³/mol. The third-order valence-electron chi connectivity index (χ3n) is 13.4. The van der Waals surface area contributed by atoms with E-state index in [-0.39, 0.29) is 0 Å². The maximum atomic E-state index is 2.52. The van der Waals surface area contributed by atoms with Crippen molar-refractivity contribution in [2.75, 3.05) is 4.90 Å². The molecule has 2 heteroatoms. The van der Waals surface area contributed by atoms with E-state index in [0.717, 1.165) is 17.1 Å². The summed E-state index contributed by atoms with van der Waals surface area (Å²) in [4.78, 5) is 2.48. The van der Waals surface area contributed by atoms with Crippen molar-refractivity contribution in [2.45, 2.75) is 5.41 Å². The molecule has 0 bridgehead atoms. The van der Waals surface area contributed by atoms with Crippen LogP contribution in [0, 0.1) is 0 Å². The Morgan fingerprint density at radius 1 is 0.344 bits per heavy atom. The third kappa shape index (κ3) is 4.79. The van der Waals surface area contributed by atoms with Gasteiger partial charge in [0.05, 0.1) is 27.8 Å². The Bertz CT molecular complexity index is 3540. The van der Waals surface area contributed by atoms with Gasteiger partial charge < -0.3 is 9.47 Å². The number of nitrogens with zero attached hydrogens (tertiary/aromatic N) is 2. The molecule has 2 aliphatic rings. The number of anilines is 3. The summed E-state index contributed by atoms with van der Waals surface area (Å²) in [5.74, 6) is 0. The van der Waals surface area contributed by atoms with Gasteiger partial charge >= 0.3 is 0 Å². The smallest absolute Gasteiger partial charge is 0.0755 e. The monoisotopic (exact) mass is 774 g/mol. The Morgan fingerprint density at radius 3 is 1.84 bits per heavy atom. The van der Waals surface area contributed by atoms with Gasteiger partial charge in [0.1, 0.15) is 0 Å². The van der Waals surface area contributed by atoms with Crippen LogP contribution < -0.4 is 4.90 Å². The lowest BCUT2D eigenvalue weighted by Crippen LogP contribution is -2.33. The van der Waals surface area contributed by atoms with E-state index in [1.54, 1.807) is 0 Å². The number of hydrogen-bond donors (Lipinski definition) is 0. The zero-order valence-corrected chi connectivity index (χ0v) is 33.3. The van der Waals surface area contributed by atoms with E-state index >= 15 is 0 Å². The standard InChI is InChI=1S/C59H38N2/c1-2-15-39(16-3-1)41-29-31-42(32-30-41)46-19-7-11-26-55(46)60(44-34-33-40-17-4-5-18-43(40)37-44)45-35-36-48-47-20-6-9-23-51(47)59(54(48)38-45)52-24-10-13-28-57(52)61-56-27-12-8-21-49(56)50-22-14-25-53(59)58(50)61/h1-38H. The van der Waals surface area contributed by atoms with Crippen molar-refractivity contribution in [1.82, 2.24) is 4.57 Å². The average molecular weight is 775 g/mol. The highest BCUT2D eigenvalue weighted by Crippen LogP contribution is 2.62. The SMILES string of the molecule is c1ccc(-c2ccc(-c3ccccc3N(c3ccc4c(c3)C3(c5ccccc5-4)c4ccccc4-n4c5ccccc5c5cccc3c54)c3ccc4ccccc4c3)cc2)cc1. The molecule has 10 aromatic carbocycles. The first-order valence-electron chi connectivity index (χ1n) is 21.2. The maximum Gasteiger partial charge on any atom is 0.0755 e. The molecule has 0 N–H and O–H groups in total. The summed E-state index contributed by atoms with van der Waals surface area (Å²) >= 11 is 0. The fraction of sp³-hybridized carbons (Fsp3) is 0.0169. The van der Waals surface area contributed by atoms with Gasteiger partial charge in [-0.2, -0.15) is 0 Å². The molecule has 11 aromatic rings. The molecule has 2 nitrogen and oxygen atoms in total. The molecule has 1 aliphatic heterocycles. The van der Waals surface area contributed by atoms with E-state index in [1.807, 2.05) is 0 Å². The first-order valence-corrected chi connectivity index (χ1v) is 21.2. The van der Waals surface area contributed by atoms with Crippen molar-refractivity contribution in [2.24, 2.45) is 0 Å². The van der Waals surface area contributed by atoms with Crippen LogP contribution in [0.2, 0.25) is 0 Å². The van der Waals surface area contributed by atoms with Crippen LogP contribution in [-0.2, 0) is 5.41 Å². The Hall–Kier alpha value is -7.94. The molecule has 0 saturated carbocycles. The van der Waals surface area contributed by atoms with E-state index in [2.05, 4.69) is 240 Å². The molecule has 0 radical (unpaired) electrons. The van der Waals surface area contributed by atoms with E-state index in [9.17, 15) is 0 Å². The predicted octanol–water partition coefficient (Wildman–Crippen LogP) is 15.4.